The Morgan fingerprint density at radius 2 is 1.94 bits per heavy atom. The highest BCUT2D eigenvalue weighted by atomic mass is 79.9. The largest absolute Gasteiger partial charge is 0.478 e. The molecule has 18 heavy (non-hydrogen) atoms. The third kappa shape index (κ3) is 1.79. The SMILES string of the molecule is CC1(O)CCC2(CC1)Oc1ccc(Br)cc1C2=O. The van der Waals surface area contributed by atoms with E-state index in [0.717, 1.165) is 4.47 Å². The lowest BCUT2D eigenvalue weighted by atomic mass is 9.74. The van der Waals surface area contributed by atoms with E-state index in [2.05, 4.69) is 15.9 Å². The number of hydrogen-bond acceptors (Lipinski definition) is 3. The van der Waals surface area contributed by atoms with Gasteiger partial charge in [-0.1, -0.05) is 15.9 Å². The monoisotopic (exact) mass is 310 g/mol. The maximum absolute atomic E-state index is 12.5. The molecule has 1 heterocycles. The Balaban J connectivity index is 1.93. The Morgan fingerprint density at radius 1 is 1.28 bits per heavy atom. The third-order valence-corrected chi connectivity index (χ3v) is 4.53. The Kier molecular flexibility index (Phi) is 2.58. The average Bonchev–Trinajstić information content (AvgIpc) is 2.58. The smallest absolute Gasteiger partial charge is 0.210 e. The molecule has 0 saturated heterocycles. The minimum Gasteiger partial charge on any atom is -0.478 e. The minimum absolute atomic E-state index is 0.0642. The summed E-state index contributed by atoms with van der Waals surface area (Å²) in [4.78, 5) is 12.5. The number of carbonyl (C=O) groups is 1. The van der Waals surface area contributed by atoms with Crippen molar-refractivity contribution >= 4 is 21.7 Å². The number of rotatable bonds is 0. The molecule has 2 aliphatic rings. The number of ketones is 1. The van der Waals surface area contributed by atoms with E-state index in [4.69, 9.17) is 4.74 Å². The Labute approximate surface area is 114 Å². The van der Waals surface area contributed by atoms with E-state index in [1.807, 2.05) is 25.1 Å². The van der Waals surface area contributed by atoms with E-state index < -0.39 is 11.2 Å². The molecule has 96 valence electrons. The third-order valence-electron chi connectivity index (χ3n) is 4.04. The molecule has 0 aromatic heterocycles. The first-order valence-electron chi connectivity index (χ1n) is 6.18. The van der Waals surface area contributed by atoms with Crippen molar-refractivity contribution in [3.05, 3.63) is 28.2 Å². The zero-order chi connectivity index (χ0) is 13.0. The number of benzene rings is 1. The maximum atomic E-state index is 12.5. The van der Waals surface area contributed by atoms with Gasteiger partial charge in [0.1, 0.15) is 5.75 Å². The van der Waals surface area contributed by atoms with Gasteiger partial charge in [0, 0.05) is 4.47 Å². The van der Waals surface area contributed by atoms with Crippen LogP contribution in [0.3, 0.4) is 0 Å². The first kappa shape index (κ1) is 12.2. The zero-order valence-corrected chi connectivity index (χ0v) is 11.8. The van der Waals surface area contributed by atoms with Crippen molar-refractivity contribution in [1.82, 2.24) is 0 Å². The van der Waals surface area contributed by atoms with Crippen LogP contribution in [0.2, 0.25) is 0 Å². The maximum Gasteiger partial charge on any atom is 0.210 e. The van der Waals surface area contributed by atoms with Gasteiger partial charge >= 0.3 is 0 Å². The van der Waals surface area contributed by atoms with Crippen molar-refractivity contribution in [2.75, 3.05) is 0 Å². The molecule has 1 fully saturated rings. The lowest BCUT2D eigenvalue weighted by Gasteiger charge is -2.38. The number of carbonyl (C=O) groups excluding carboxylic acids is 1. The van der Waals surface area contributed by atoms with E-state index in [1.54, 1.807) is 0 Å². The molecule has 1 aromatic rings. The molecule has 3 nitrogen and oxygen atoms in total. The molecule has 3 rings (SSSR count). The summed E-state index contributed by atoms with van der Waals surface area (Å²) < 4.78 is 6.80. The molecular formula is C14H15BrO3. The minimum atomic E-state index is -0.731. The molecular weight excluding hydrogens is 296 g/mol. The fourth-order valence-electron chi connectivity index (χ4n) is 2.79. The van der Waals surface area contributed by atoms with Gasteiger partial charge in [0.25, 0.3) is 0 Å². The molecule has 1 N–H and O–H groups in total. The van der Waals surface area contributed by atoms with Crippen LogP contribution in [-0.4, -0.2) is 22.1 Å². The summed E-state index contributed by atoms with van der Waals surface area (Å²) >= 11 is 3.38. The summed E-state index contributed by atoms with van der Waals surface area (Å²) in [6.45, 7) is 1.82. The molecule has 1 aliphatic heterocycles. The van der Waals surface area contributed by atoms with Gasteiger partial charge in [0.2, 0.25) is 5.78 Å². The second kappa shape index (κ2) is 3.81. The first-order chi connectivity index (χ1) is 8.42. The van der Waals surface area contributed by atoms with Crippen LogP contribution in [0.4, 0.5) is 0 Å². The molecule has 1 aliphatic carbocycles. The van der Waals surface area contributed by atoms with Gasteiger partial charge in [0.15, 0.2) is 5.60 Å². The van der Waals surface area contributed by atoms with E-state index in [9.17, 15) is 9.90 Å². The van der Waals surface area contributed by atoms with Crippen molar-refractivity contribution in [2.24, 2.45) is 0 Å². The standard InChI is InChI=1S/C14H15BrO3/c1-13(17)4-6-14(7-5-13)12(16)10-8-9(15)2-3-11(10)18-14/h2-3,8,17H,4-7H2,1H3. The van der Waals surface area contributed by atoms with Crippen molar-refractivity contribution in [2.45, 2.75) is 43.8 Å². The summed E-state index contributed by atoms with van der Waals surface area (Å²) in [6, 6.07) is 5.53. The summed E-state index contributed by atoms with van der Waals surface area (Å²) in [5, 5.41) is 9.99. The Hall–Kier alpha value is -0.870. The number of ether oxygens (including phenoxy) is 1. The van der Waals surface area contributed by atoms with Gasteiger partial charge in [-0.25, -0.2) is 0 Å². The summed E-state index contributed by atoms with van der Waals surface area (Å²) in [5.74, 6) is 0.735. The van der Waals surface area contributed by atoms with Crippen LogP contribution in [-0.2, 0) is 0 Å². The van der Waals surface area contributed by atoms with Crippen LogP contribution in [0.5, 0.6) is 5.75 Å². The molecule has 0 atom stereocenters. The summed E-state index contributed by atoms with van der Waals surface area (Å²) in [5.41, 5.74) is -0.735. The fraction of sp³-hybridized carbons (Fsp3) is 0.500. The van der Waals surface area contributed by atoms with E-state index >= 15 is 0 Å². The summed E-state index contributed by atoms with van der Waals surface area (Å²) in [6.07, 6.45) is 2.39. The molecule has 1 aromatic carbocycles. The number of aliphatic hydroxyl groups is 1. The molecule has 4 heteroatoms. The lowest BCUT2D eigenvalue weighted by Crippen LogP contribution is -2.47. The van der Waals surface area contributed by atoms with Gasteiger partial charge in [-0.3, -0.25) is 4.79 Å². The highest BCUT2D eigenvalue weighted by Gasteiger charge is 2.51. The van der Waals surface area contributed by atoms with E-state index in [-0.39, 0.29) is 5.78 Å². The van der Waals surface area contributed by atoms with Crippen molar-refractivity contribution in [3.8, 4) is 5.75 Å². The zero-order valence-electron chi connectivity index (χ0n) is 10.2. The molecule has 0 unspecified atom stereocenters. The van der Waals surface area contributed by atoms with Crippen molar-refractivity contribution in [3.63, 3.8) is 0 Å². The van der Waals surface area contributed by atoms with Crippen LogP contribution >= 0.6 is 15.9 Å². The number of fused-ring (bicyclic) bond motifs is 1. The number of hydrogen-bond donors (Lipinski definition) is 1. The predicted octanol–water partition coefficient (Wildman–Crippen LogP) is 3.09. The predicted molar refractivity (Wildman–Crippen MR) is 70.9 cm³/mol. The highest BCUT2D eigenvalue weighted by Crippen LogP contribution is 2.46. The second-order valence-corrected chi connectivity index (χ2v) is 6.48. The quantitative estimate of drug-likeness (QED) is 0.801. The van der Waals surface area contributed by atoms with Crippen LogP contribution in [0, 0.1) is 0 Å². The first-order valence-corrected chi connectivity index (χ1v) is 6.97. The Bertz CT molecular complexity index is 512. The Morgan fingerprint density at radius 3 is 2.61 bits per heavy atom. The fourth-order valence-corrected chi connectivity index (χ4v) is 3.15. The van der Waals surface area contributed by atoms with E-state index in [0.29, 0.717) is 37.0 Å². The molecule has 0 bridgehead atoms. The molecule has 1 spiro atoms. The van der Waals surface area contributed by atoms with Gasteiger partial charge in [-0.2, -0.15) is 0 Å². The van der Waals surface area contributed by atoms with E-state index in [1.165, 1.54) is 0 Å². The van der Waals surface area contributed by atoms with Gasteiger partial charge in [0.05, 0.1) is 11.2 Å². The van der Waals surface area contributed by atoms with Crippen LogP contribution in [0.25, 0.3) is 0 Å². The van der Waals surface area contributed by atoms with Crippen LogP contribution < -0.4 is 4.74 Å². The van der Waals surface area contributed by atoms with Crippen molar-refractivity contribution < 1.29 is 14.6 Å². The number of Topliss-reactive ketones (excluding diaryl/α,β-unsaturated/α-hetero) is 1. The second-order valence-electron chi connectivity index (χ2n) is 5.56. The van der Waals surface area contributed by atoms with Gasteiger partial charge in [-0.05, 0) is 50.8 Å². The highest BCUT2D eigenvalue weighted by molar-refractivity contribution is 9.10. The van der Waals surface area contributed by atoms with Crippen LogP contribution in [0.1, 0.15) is 43.0 Å². The topological polar surface area (TPSA) is 46.5 Å². The molecule has 1 saturated carbocycles. The number of halogens is 1. The molecule has 0 radical (unpaired) electrons. The summed E-state index contributed by atoms with van der Waals surface area (Å²) in [7, 11) is 0. The van der Waals surface area contributed by atoms with Gasteiger partial charge in [-0.15, -0.1) is 0 Å². The van der Waals surface area contributed by atoms with Gasteiger partial charge < -0.3 is 9.84 Å². The molecule has 0 amide bonds. The van der Waals surface area contributed by atoms with Crippen molar-refractivity contribution in [1.29, 1.82) is 0 Å². The normalized spacial score (nSPS) is 34.5. The lowest BCUT2D eigenvalue weighted by molar-refractivity contribution is -0.0382. The van der Waals surface area contributed by atoms with Crippen LogP contribution in [0.15, 0.2) is 22.7 Å². The average molecular weight is 311 g/mol.